The zero-order valence-electron chi connectivity index (χ0n) is 13.5. The van der Waals surface area contributed by atoms with Gasteiger partial charge in [-0.1, -0.05) is 39.0 Å². The summed E-state index contributed by atoms with van der Waals surface area (Å²) in [6, 6.07) is 7.15. The largest absolute Gasteiger partial charge is 0.316 e. The van der Waals surface area contributed by atoms with Gasteiger partial charge in [0.05, 0.1) is 0 Å². The van der Waals surface area contributed by atoms with Crippen LogP contribution in [0, 0.1) is 17.7 Å². The van der Waals surface area contributed by atoms with Crippen LogP contribution in [0.3, 0.4) is 0 Å². The maximum Gasteiger partial charge on any atom is 0.127 e. The molecule has 1 rings (SSSR count). The summed E-state index contributed by atoms with van der Waals surface area (Å²) >= 11 is 0. The van der Waals surface area contributed by atoms with Gasteiger partial charge in [0.25, 0.3) is 0 Å². The molecule has 0 amide bonds. The first-order chi connectivity index (χ1) is 9.41. The molecule has 114 valence electrons. The molecule has 0 spiro atoms. The third kappa shape index (κ3) is 5.59. The second-order valence-electron chi connectivity index (χ2n) is 6.29. The molecular formula is C17H29FN2. The van der Waals surface area contributed by atoms with Crippen LogP contribution < -0.4 is 5.32 Å². The van der Waals surface area contributed by atoms with Crippen LogP contribution in [0.4, 0.5) is 4.39 Å². The molecule has 0 saturated heterocycles. The Morgan fingerprint density at radius 1 is 1.10 bits per heavy atom. The fourth-order valence-electron chi connectivity index (χ4n) is 2.38. The van der Waals surface area contributed by atoms with E-state index >= 15 is 0 Å². The average molecular weight is 280 g/mol. The van der Waals surface area contributed by atoms with Crippen LogP contribution in [0.5, 0.6) is 0 Å². The Hall–Kier alpha value is -0.930. The van der Waals surface area contributed by atoms with E-state index in [0.717, 1.165) is 25.2 Å². The first kappa shape index (κ1) is 17.1. The minimum atomic E-state index is -0.113. The van der Waals surface area contributed by atoms with Gasteiger partial charge in [0.2, 0.25) is 0 Å². The van der Waals surface area contributed by atoms with E-state index < -0.39 is 0 Å². The number of halogens is 1. The zero-order valence-corrected chi connectivity index (χ0v) is 13.5. The van der Waals surface area contributed by atoms with Crippen molar-refractivity contribution in [1.82, 2.24) is 10.2 Å². The minimum Gasteiger partial charge on any atom is -0.316 e. The summed E-state index contributed by atoms with van der Waals surface area (Å²) in [5, 5.41) is 3.48. The molecule has 0 bridgehead atoms. The molecule has 1 aromatic carbocycles. The van der Waals surface area contributed by atoms with E-state index in [-0.39, 0.29) is 11.9 Å². The van der Waals surface area contributed by atoms with Crippen LogP contribution in [-0.4, -0.2) is 31.6 Å². The van der Waals surface area contributed by atoms with Gasteiger partial charge in [0.15, 0.2) is 0 Å². The molecule has 3 heteroatoms. The molecule has 0 heterocycles. The lowest BCUT2D eigenvalue weighted by atomic mass is 10.0. The van der Waals surface area contributed by atoms with Crippen molar-refractivity contribution in [3.63, 3.8) is 0 Å². The van der Waals surface area contributed by atoms with Crippen molar-refractivity contribution >= 4 is 0 Å². The quantitative estimate of drug-likeness (QED) is 0.781. The Morgan fingerprint density at radius 3 is 2.35 bits per heavy atom. The predicted molar refractivity (Wildman–Crippen MR) is 84.3 cm³/mol. The van der Waals surface area contributed by atoms with Crippen molar-refractivity contribution in [3.05, 3.63) is 35.6 Å². The van der Waals surface area contributed by atoms with E-state index in [1.165, 1.54) is 6.07 Å². The van der Waals surface area contributed by atoms with Gasteiger partial charge in [-0.05, 0) is 45.0 Å². The molecule has 1 aromatic rings. The van der Waals surface area contributed by atoms with E-state index in [1.807, 2.05) is 12.1 Å². The van der Waals surface area contributed by atoms with Crippen LogP contribution in [0.25, 0.3) is 0 Å². The first-order valence-electron chi connectivity index (χ1n) is 7.57. The van der Waals surface area contributed by atoms with Crippen LogP contribution in [0.15, 0.2) is 24.3 Å². The van der Waals surface area contributed by atoms with E-state index in [9.17, 15) is 4.39 Å². The highest BCUT2D eigenvalue weighted by molar-refractivity contribution is 5.20. The highest BCUT2D eigenvalue weighted by atomic mass is 19.1. The Bertz CT molecular complexity index is 392. The lowest BCUT2D eigenvalue weighted by Gasteiger charge is -2.28. The van der Waals surface area contributed by atoms with Crippen molar-refractivity contribution in [2.45, 2.75) is 33.7 Å². The highest BCUT2D eigenvalue weighted by Crippen LogP contribution is 2.22. The Labute approximate surface area is 123 Å². The van der Waals surface area contributed by atoms with E-state index in [1.54, 1.807) is 6.07 Å². The average Bonchev–Trinajstić information content (AvgIpc) is 2.38. The van der Waals surface area contributed by atoms with Crippen molar-refractivity contribution in [2.75, 3.05) is 26.7 Å². The van der Waals surface area contributed by atoms with Crippen molar-refractivity contribution in [1.29, 1.82) is 0 Å². The lowest BCUT2D eigenvalue weighted by molar-refractivity contribution is 0.219. The molecule has 2 atom stereocenters. The molecule has 2 unspecified atom stereocenters. The summed E-state index contributed by atoms with van der Waals surface area (Å²) < 4.78 is 13.8. The topological polar surface area (TPSA) is 15.3 Å². The van der Waals surface area contributed by atoms with Gasteiger partial charge in [-0.25, -0.2) is 4.39 Å². The molecule has 0 aliphatic carbocycles. The number of benzene rings is 1. The van der Waals surface area contributed by atoms with Gasteiger partial charge >= 0.3 is 0 Å². The summed E-state index contributed by atoms with van der Waals surface area (Å²) in [6.07, 6.45) is 0. The van der Waals surface area contributed by atoms with Crippen molar-refractivity contribution in [2.24, 2.45) is 11.8 Å². The number of rotatable bonds is 8. The van der Waals surface area contributed by atoms with Gasteiger partial charge in [0.1, 0.15) is 5.82 Å². The molecule has 2 nitrogen and oxygen atoms in total. The van der Waals surface area contributed by atoms with Gasteiger partial charge < -0.3 is 5.32 Å². The maximum atomic E-state index is 13.8. The second-order valence-corrected chi connectivity index (χ2v) is 6.29. The molecule has 0 radical (unpaired) electrons. The van der Waals surface area contributed by atoms with Gasteiger partial charge in [0, 0.05) is 18.2 Å². The van der Waals surface area contributed by atoms with Crippen LogP contribution in [0.2, 0.25) is 0 Å². The zero-order chi connectivity index (χ0) is 15.1. The number of nitrogens with one attached hydrogen (secondary N) is 1. The van der Waals surface area contributed by atoms with Gasteiger partial charge in [-0.2, -0.15) is 0 Å². The summed E-state index contributed by atoms with van der Waals surface area (Å²) in [5.74, 6) is 1.11. The molecule has 1 N–H and O–H groups in total. The fourth-order valence-corrected chi connectivity index (χ4v) is 2.38. The molecule has 0 fully saturated rings. The summed E-state index contributed by atoms with van der Waals surface area (Å²) in [7, 11) is 2.07. The maximum absolute atomic E-state index is 13.8. The first-order valence-corrected chi connectivity index (χ1v) is 7.57. The van der Waals surface area contributed by atoms with E-state index in [2.05, 4.69) is 45.0 Å². The summed E-state index contributed by atoms with van der Waals surface area (Å²) in [5.41, 5.74) is 0.775. The predicted octanol–water partition coefficient (Wildman–Crippen LogP) is 3.70. The van der Waals surface area contributed by atoms with Crippen LogP contribution in [0.1, 0.15) is 39.3 Å². The normalized spacial score (nSPS) is 14.8. The molecule has 0 aliphatic heterocycles. The Kier molecular flexibility index (Phi) is 7.17. The van der Waals surface area contributed by atoms with Gasteiger partial charge in [-0.15, -0.1) is 0 Å². The van der Waals surface area contributed by atoms with Crippen molar-refractivity contribution in [3.8, 4) is 0 Å². The van der Waals surface area contributed by atoms with E-state index in [0.29, 0.717) is 11.8 Å². The number of hydrogen-bond acceptors (Lipinski definition) is 2. The fraction of sp³-hybridized carbons (Fsp3) is 0.647. The molecule has 0 aliphatic rings. The number of hydrogen-bond donors (Lipinski definition) is 1. The molecule has 0 aromatic heterocycles. The summed E-state index contributed by atoms with van der Waals surface area (Å²) in [6.45, 7) is 11.7. The Morgan fingerprint density at radius 2 is 1.75 bits per heavy atom. The van der Waals surface area contributed by atoms with Gasteiger partial charge in [-0.3, -0.25) is 4.90 Å². The monoisotopic (exact) mass is 280 g/mol. The van der Waals surface area contributed by atoms with E-state index in [4.69, 9.17) is 0 Å². The number of nitrogens with zero attached hydrogens (tertiary/aromatic N) is 1. The SMILES string of the molecule is CC(C)CNCC(C)CN(C)C(C)c1ccccc1F. The highest BCUT2D eigenvalue weighted by Gasteiger charge is 2.17. The van der Waals surface area contributed by atoms with Crippen molar-refractivity contribution < 1.29 is 4.39 Å². The molecule has 20 heavy (non-hydrogen) atoms. The lowest BCUT2D eigenvalue weighted by Crippen LogP contribution is -2.34. The smallest absolute Gasteiger partial charge is 0.127 e. The third-order valence-corrected chi connectivity index (χ3v) is 3.66. The molecular weight excluding hydrogens is 251 g/mol. The minimum absolute atomic E-state index is 0.101. The second kappa shape index (κ2) is 8.38. The summed E-state index contributed by atoms with van der Waals surface area (Å²) in [4.78, 5) is 2.22. The Balaban J connectivity index is 2.45. The van der Waals surface area contributed by atoms with Crippen LogP contribution >= 0.6 is 0 Å². The molecule has 0 saturated carbocycles. The standard InChI is InChI=1S/C17H29FN2/c1-13(2)10-19-11-14(3)12-20(5)15(4)16-8-6-7-9-17(16)18/h6-9,13-15,19H,10-12H2,1-5H3. The third-order valence-electron chi connectivity index (χ3n) is 3.66. The van der Waals surface area contributed by atoms with Crippen LogP contribution in [-0.2, 0) is 0 Å².